The van der Waals surface area contributed by atoms with Crippen molar-refractivity contribution in [3.63, 3.8) is 0 Å². The lowest BCUT2D eigenvalue weighted by Gasteiger charge is -2.01. The molecule has 62 valence electrons. The first-order valence-electron chi connectivity index (χ1n) is 2.86. The zero-order valence-electron chi connectivity index (χ0n) is 5.47. The summed E-state index contributed by atoms with van der Waals surface area (Å²) in [6, 6.07) is 0. The van der Waals surface area contributed by atoms with E-state index in [0.29, 0.717) is 4.47 Å². The molecule has 3 nitrogen and oxygen atoms in total. The van der Waals surface area contributed by atoms with Gasteiger partial charge in [0.2, 0.25) is 0 Å². The molecule has 1 aromatic heterocycles. The topological polar surface area (TPSA) is 43.8 Å². The van der Waals surface area contributed by atoms with E-state index < -0.39 is 13.0 Å². The molecule has 0 aliphatic heterocycles. The average Bonchev–Trinajstić information content (AvgIpc) is 2.18. The second-order valence-corrected chi connectivity index (χ2v) is 2.81. The van der Waals surface area contributed by atoms with Crippen molar-refractivity contribution in [2.45, 2.75) is 13.0 Å². The number of nitrogen functional groups attached to an aromatic ring is 1. The molecule has 0 bridgehead atoms. The maximum atomic E-state index is 11.8. The van der Waals surface area contributed by atoms with E-state index in [4.69, 9.17) is 5.73 Å². The Morgan fingerprint density at radius 1 is 1.73 bits per heavy atom. The van der Waals surface area contributed by atoms with Gasteiger partial charge in [-0.2, -0.15) is 5.10 Å². The number of aromatic nitrogens is 2. The molecule has 0 radical (unpaired) electrons. The predicted octanol–water partition coefficient (Wildman–Crippen LogP) is 1.49. The van der Waals surface area contributed by atoms with Crippen LogP contribution in [-0.2, 0) is 6.54 Å². The van der Waals surface area contributed by atoms with Gasteiger partial charge in [-0.25, -0.2) is 13.5 Å². The van der Waals surface area contributed by atoms with Crippen LogP contribution in [0.3, 0.4) is 0 Å². The Hall–Kier alpha value is -0.650. The third kappa shape index (κ3) is 1.89. The summed E-state index contributed by atoms with van der Waals surface area (Å²) < 4.78 is 25.1. The van der Waals surface area contributed by atoms with E-state index in [1.165, 1.54) is 6.20 Å². The van der Waals surface area contributed by atoms with Crippen molar-refractivity contribution in [3.05, 3.63) is 10.7 Å². The molecular formula is C5H6BrF2N3. The van der Waals surface area contributed by atoms with E-state index in [1.807, 2.05) is 0 Å². The Kier molecular flexibility index (Phi) is 2.43. The van der Waals surface area contributed by atoms with Gasteiger partial charge in [-0.3, -0.25) is 0 Å². The summed E-state index contributed by atoms with van der Waals surface area (Å²) in [5, 5.41) is 3.62. The summed E-state index contributed by atoms with van der Waals surface area (Å²) in [7, 11) is 0. The minimum atomic E-state index is -2.43. The number of hydrogen-bond acceptors (Lipinski definition) is 2. The molecule has 1 aromatic rings. The first kappa shape index (κ1) is 8.45. The quantitative estimate of drug-likeness (QED) is 0.830. The van der Waals surface area contributed by atoms with E-state index in [0.717, 1.165) is 4.68 Å². The van der Waals surface area contributed by atoms with Gasteiger partial charge in [0.1, 0.15) is 12.4 Å². The van der Waals surface area contributed by atoms with Gasteiger partial charge in [0.25, 0.3) is 6.43 Å². The van der Waals surface area contributed by atoms with Crippen LogP contribution in [-0.4, -0.2) is 16.2 Å². The Morgan fingerprint density at radius 3 is 2.73 bits per heavy atom. The number of anilines is 1. The van der Waals surface area contributed by atoms with Crippen LogP contribution in [0.2, 0.25) is 0 Å². The molecule has 1 rings (SSSR count). The second kappa shape index (κ2) is 3.17. The Labute approximate surface area is 70.3 Å². The molecule has 0 spiro atoms. The Balaban J connectivity index is 2.79. The summed E-state index contributed by atoms with van der Waals surface area (Å²) in [5.74, 6) is 0.227. The van der Waals surface area contributed by atoms with Crippen LogP contribution >= 0.6 is 15.9 Å². The molecule has 0 fully saturated rings. The number of alkyl halides is 2. The van der Waals surface area contributed by atoms with E-state index in [-0.39, 0.29) is 5.82 Å². The van der Waals surface area contributed by atoms with Crippen LogP contribution in [0, 0.1) is 0 Å². The molecule has 0 atom stereocenters. The Bertz CT molecular complexity index is 248. The smallest absolute Gasteiger partial charge is 0.258 e. The van der Waals surface area contributed by atoms with Gasteiger partial charge in [0, 0.05) is 0 Å². The van der Waals surface area contributed by atoms with Crippen molar-refractivity contribution in [2.24, 2.45) is 0 Å². The van der Waals surface area contributed by atoms with Crippen molar-refractivity contribution in [2.75, 3.05) is 5.73 Å². The van der Waals surface area contributed by atoms with Crippen LogP contribution in [0.4, 0.5) is 14.6 Å². The van der Waals surface area contributed by atoms with Crippen molar-refractivity contribution >= 4 is 21.7 Å². The molecule has 0 aliphatic carbocycles. The summed E-state index contributed by atoms with van der Waals surface area (Å²) in [6.07, 6.45) is -1.04. The highest BCUT2D eigenvalue weighted by molar-refractivity contribution is 9.10. The van der Waals surface area contributed by atoms with Crippen LogP contribution < -0.4 is 5.73 Å². The monoisotopic (exact) mass is 225 g/mol. The summed E-state index contributed by atoms with van der Waals surface area (Å²) >= 11 is 3.05. The number of nitrogens with zero attached hydrogens (tertiary/aromatic N) is 2. The largest absolute Gasteiger partial charge is 0.383 e. The van der Waals surface area contributed by atoms with Crippen LogP contribution in [0.5, 0.6) is 0 Å². The van der Waals surface area contributed by atoms with Gasteiger partial charge in [-0.05, 0) is 15.9 Å². The highest BCUT2D eigenvalue weighted by Crippen LogP contribution is 2.18. The summed E-state index contributed by atoms with van der Waals surface area (Å²) in [5.41, 5.74) is 5.37. The molecule has 0 unspecified atom stereocenters. The molecule has 0 aliphatic rings. The standard InChI is InChI=1S/C5H6BrF2N3/c6-3-1-10-11(5(3)9)2-4(7)8/h1,4H,2,9H2. The molecule has 0 aromatic carbocycles. The van der Waals surface area contributed by atoms with Crippen molar-refractivity contribution in [1.29, 1.82) is 0 Å². The first-order chi connectivity index (χ1) is 5.11. The molecular weight excluding hydrogens is 220 g/mol. The van der Waals surface area contributed by atoms with Gasteiger partial charge in [-0.15, -0.1) is 0 Å². The first-order valence-corrected chi connectivity index (χ1v) is 3.65. The Morgan fingerprint density at radius 2 is 2.36 bits per heavy atom. The molecule has 6 heteroatoms. The number of rotatable bonds is 2. The molecule has 11 heavy (non-hydrogen) atoms. The van der Waals surface area contributed by atoms with Crippen molar-refractivity contribution < 1.29 is 8.78 Å². The molecule has 0 amide bonds. The van der Waals surface area contributed by atoms with Crippen molar-refractivity contribution in [3.8, 4) is 0 Å². The lowest BCUT2D eigenvalue weighted by atomic mass is 10.6. The van der Waals surface area contributed by atoms with Gasteiger partial charge in [-0.1, -0.05) is 0 Å². The van der Waals surface area contributed by atoms with Crippen LogP contribution in [0.25, 0.3) is 0 Å². The van der Waals surface area contributed by atoms with Gasteiger partial charge >= 0.3 is 0 Å². The third-order valence-corrected chi connectivity index (χ3v) is 1.76. The fraction of sp³-hybridized carbons (Fsp3) is 0.400. The summed E-state index contributed by atoms with van der Waals surface area (Å²) in [4.78, 5) is 0. The number of hydrogen-bond donors (Lipinski definition) is 1. The fourth-order valence-electron chi connectivity index (χ4n) is 0.648. The lowest BCUT2D eigenvalue weighted by molar-refractivity contribution is 0.122. The fourth-order valence-corrected chi connectivity index (χ4v) is 0.944. The molecule has 0 saturated heterocycles. The normalized spacial score (nSPS) is 10.9. The maximum Gasteiger partial charge on any atom is 0.258 e. The summed E-state index contributed by atoms with van der Waals surface area (Å²) in [6.45, 7) is -0.461. The van der Waals surface area contributed by atoms with Crippen LogP contribution in [0.15, 0.2) is 10.7 Å². The molecule has 1 heterocycles. The highest BCUT2D eigenvalue weighted by Gasteiger charge is 2.09. The molecule has 0 saturated carbocycles. The minimum Gasteiger partial charge on any atom is -0.383 e. The number of nitrogens with two attached hydrogens (primary N) is 1. The highest BCUT2D eigenvalue weighted by atomic mass is 79.9. The van der Waals surface area contributed by atoms with E-state index >= 15 is 0 Å². The SMILES string of the molecule is Nc1c(Br)cnn1CC(F)F. The predicted molar refractivity (Wildman–Crippen MR) is 40.3 cm³/mol. The third-order valence-electron chi connectivity index (χ3n) is 1.14. The van der Waals surface area contributed by atoms with E-state index in [9.17, 15) is 8.78 Å². The zero-order chi connectivity index (χ0) is 8.43. The maximum absolute atomic E-state index is 11.8. The van der Waals surface area contributed by atoms with Crippen LogP contribution in [0.1, 0.15) is 0 Å². The lowest BCUT2D eigenvalue weighted by Crippen LogP contribution is -2.10. The van der Waals surface area contributed by atoms with Crippen molar-refractivity contribution in [1.82, 2.24) is 9.78 Å². The van der Waals surface area contributed by atoms with E-state index in [2.05, 4.69) is 21.0 Å². The average molecular weight is 226 g/mol. The van der Waals surface area contributed by atoms with Gasteiger partial charge < -0.3 is 5.73 Å². The molecule has 2 N–H and O–H groups in total. The van der Waals surface area contributed by atoms with Gasteiger partial charge in [0.15, 0.2) is 0 Å². The number of halogens is 3. The van der Waals surface area contributed by atoms with Gasteiger partial charge in [0.05, 0.1) is 10.7 Å². The second-order valence-electron chi connectivity index (χ2n) is 1.95. The minimum absolute atomic E-state index is 0.227. The van der Waals surface area contributed by atoms with E-state index in [1.54, 1.807) is 0 Å². The zero-order valence-corrected chi connectivity index (χ0v) is 7.05.